The summed E-state index contributed by atoms with van der Waals surface area (Å²) in [5.41, 5.74) is -0.585. The van der Waals surface area contributed by atoms with Gasteiger partial charge in [0, 0.05) is 6.42 Å². The molecule has 0 radical (unpaired) electrons. The summed E-state index contributed by atoms with van der Waals surface area (Å²) in [6.45, 7) is 3.37. The first-order chi connectivity index (χ1) is 10.4. The second-order valence-corrected chi connectivity index (χ2v) is 5.77. The highest BCUT2D eigenvalue weighted by Crippen LogP contribution is 2.34. The second kappa shape index (κ2) is 7.13. The predicted molar refractivity (Wildman–Crippen MR) is 78.2 cm³/mol. The van der Waals surface area contributed by atoms with Crippen LogP contribution in [0.1, 0.15) is 43.4 Å². The van der Waals surface area contributed by atoms with E-state index in [0.29, 0.717) is 12.3 Å². The maximum atomic E-state index is 13.0. The average molecular weight is 314 g/mol. The Bertz CT molecular complexity index is 510. The van der Waals surface area contributed by atoms with E-state index in [-0.39, 0.29) is 11.5 Å². The van der Waals surface area contributed by atoms with Crippen molar-refractivity contribution in [3.8, 4) is 0 Å². The van der Waals surface area contributed by atoms with Crippen LogP contribution in [0.25, 0.3) is 0 Å². The van der Waals surface area contributed by atoms with Crippen LogP contribution >= 0.6 is 0 Å². The molecule has 1 heterocycles. The van der Waals surface area contributed by atoms with Gasteiger partial charge in [0.2, 0.25) is 5.91 Å². The minimum Gasteiger partial charge on any atom is -0.350 e. The summed E-state index contributed by atoms with van der Waals surface area (Å²) in [7, 11) is 0. The Morgan fingerprint density at radius 1 is 1.32 bits per heavy atom. The number of carbonyl (C=O) groups excluding carboxylic acids is 1. The maximum absolute atomic E-state index is 13.0. The SMILES string of the molecule is C[C@@H](NC(=O)CC1CCNCC1)c1ccccc1C(F)(F)F. The molecular formula is C16H21F3N2O. The van der Waals surface area contributed by atoms with Crippen LogP contribution in [0.4, 0.5) is 13.2 Å². The Hall–Kier alpha value is -1.56. The van der Waals surface area contributed by atoms with Crippen molar-refractivity contribution in [2.75, 3.05) is 13.1 Å². The molecule has 2 rings (SSSR count). The number of carbonyl (C=O) groups is 1. The number of halogens is 3. The third kappa shape index (κ3) is 4.47. The molecule has 1 atom stereocenters. The minimum atomic E-state index is -4.41. The van der Waals surface area contributed by atoms with E-state index < -0.39 is 17.8 Å². The van der Waals surface area contributed by atoms with Crippen molar-refractivity contribution in [2.24, 2.45) is 5.92 Å². The van der Waals surface area contributed by atoms with Gasteiger partial charge in [-0.15, -0.1) is 0 Å². The number of benzene rings is 1. The summed E-state index contributed by atoms with van der Waals surface area (Å²) in [6.07, 6.45) is -2.17. The van der Waals surface area contributed by atoms with Crippen molar-refractivity contribution in [1.82, 2.24) is 10.6 Å². The molecule has 1 fully saturated rings. The van der Waals surface area contributed by atoms with Gasteiger partial charge in [0.1, 0.15) is 0 Å². The van der Waals surface area contributed by atoms with Crippen LogP contribution in [0.2, 0.25) is 0 Å². The molecule has 1 amide bonds. The van der Waals surface area contributed by atoms with Gasteiger partial charge in [-0.25, -0.2) is 0 Å². The standard InChI is InChI=1S/C16H21F3N2O/c1-11(13-4-2-3-5-14(13)16(17,18)19)21-15(22)10-12-6-8-20-9-7-12/h2-5,11-12,20H,6-10H2,1H3,(H,21,22)/t11-/m1/s1. The van der Waals surface area contributed by atoms with Gasteiger partial charge in [-0.1, -0.05) is 18.2 Å². The zero-order chi connectivity index (χ0) is 16.2. The van der Waals surface area contributed by atoms with Crippen molar-refractivity contribution in [3.05, 3.63) is 35.4 Å². The molecule has 1 aliphatic rings. The maximum Gasteiger partial charge on any atom is 0.416 e. The molecule has 6 heteroatoms. The van der Waals surface area contributed by atoms with Gasteiger partial charge < -0.3 is 10.6 Å². The first kappa shape index (κ1) is 16.8. The molecule has 1 aromatic rings. The van der Waals surface area contributed by atoms with Crippen molar-refractivity contribution >= 4 is 5.91 Å². The largest absolute Gasteiger partial charge is 0.416 e. The number of amides is 1. The Labute approximate surface area is 128 Å². The van der Waals surface area contributed by atoms with Crippen molar-refractivity contribution < 1.29 is 18.0 Å². The number of alkyl halides is 3. The fourth-order valence-corrected chi connectivity index (χ4v) is 2.86. The van der Waals surface area contributed by atoms with Gasteiger partial charge in [-0.05, 0) is 50.4 Å². The van der Waals surface area contributed by atoms with Crippen LogP contribution in [-0.2, 0) is 11.0 Å². The molecule has 0 bridgehead atoms. The highest BCUT2D eigenvalue weighted by atomic mass is 19.4. The van der Waals surface area contributed by atoms with E-state index in [1.807, 2.05) is 0 Å². The van der Waals surface area contributed by atoms with Crippen LogP contribution < -0.4 is 10.6 Å². The summed E-state index contributed by atoms with van der Waals surface area (Å²) < 4.78 is 39.0. The first-order valence-corrected chi connectivity index (χ1v) is 7.54. The van der Waals surface area contributed by atoms with Gasteiger partial charge in [0.25, 0.3) is 0 Å². The van der Waals surface area contributed by atoms with E-state index in [9.17, 15) is 18.0 Å². The molecule has 0 saturated carbocycles. The van der Waals surface area contributed by atoms with E-state index in [1.54, 1.807) is 13.0 Å². The summed E-state index contributed by atoms with van der Waals surface area (Å²) in [4.78, 5) is 12.0. The third-order valence-electron chi connectivity index (χ3n) is 4.04. The highest BCUT2D eigenvalue weighted by molar-refractivity contribution is 5.76. The topological polar surface area (TPSA) is 41.1 Å². The molecule has 0 unspecified atom stereocenters. The molecule has 2 N–H and O–H groups in total. The normalized spacial score (nSPS) is 18.0. The lowest BCUT2D eigenvalue weighted by Gasteiger charge is -2.24. The lowest BCUT2D eigenvalue weighted by atomic mass is 9.94. The summed E-state index contributed by atoms with van der Waals surface area (Å²) in [5.74, 6) is 0.127. The Morgan fingerprint density at radius 2 is 1.95 bits per heavy atom. The number of piperidine rings is 1. The van der Waals surface area contributed by atoms with Gasteiger partial charge in [-0.2, -0.15) is 13.2 Å². The van der Waals surface area contributed by atoms with E-state index >= 15 is 0 Å². The molecule has 22 heavy (non-hydrogen) atoms. The van der Waals surface area contributed by atoms with Crippen LogP contribution in [0, 0.1) is 5.92 Å². The van der Waals surface area contributed by atoms with Crippen molar-refractivity contribution in [1.29, 1.82) is 0 Å². The molecular weight excluding hydrogens is 293 g/mol. The molecule has 0 spiro atoms. The van der Waals surface area contributed by atoms with Crippen molar-refractivity contribution in [2.45, 2.75) is 38.4 Å². The third-order valence-corrected chi connectivity index (χ3v) is 4.04. The monoisotopic (exact) mass is 314 g/mol. The van der Waals surface area contributed by atoms with Crippen LogP contribution in [0.15, 0.2) is 24.3 Å². The van der Waals surface area contributed by atoms with E-state index in [1.165, 1.54) is 12.1 Å². The predicted octanol–water partition coefficient (Wildman–Crippen LogP) is 3.27. The molecule has 0 aromatic heterocycles. The van der Waals surface area contributed by atoms with E-state index in [2.05, 4.69) is 10.6 Å². The quantitative estimate of drug-likeness (QED) is 0.895. The lowest BCUT2D eigenvalue weighted by molar-refractivity contribution is -0.138. The van der Waals surface area contributed by atoms with Gasteiger partial charge in [-0.3, -0.25) is 4.79 Å². The molecule has 0 aliphatic carbocycles. The molecule has 1 saturated heterocycles. The average Bonchev–Trinajstić information content (AvgIpc) is 2.47. The number of rotatable bonds is 4. The molecule has 1 aliphatic heterocycles. The van der Waals surface area contributed by atoms with Gasteiger partial charge in [0.05, 0.1) is 11.6 Å². The lowest BCUT2D eigenvalue weighted by Crippen LogP contribution is -2.33. The number of hydrogen-bond donors (Lipinski definition) is 2. The molecule has 3 nitrogen and oxygen atoms in total. The molecule has 1 aromatic carbocycles. The fourth-order valence-electron chi connectivity index (χ4n) is 2.86. The van der Waals surface area contributed by atoms with Crippen molar-refractivity contribution in [3.63, 3.8) is 0 Å². The molecule has 122 valence electrons. The first-order valence-electron chi connectivity index (χ1n) is 7.54. The Morgan fingerprint density at radius 3 is 2.59 bits per heavy atom. The highest BCUT2D eigenvalue weighted by Gasteiger charge is 2.34. The minimum absolute atomic E-state index is 0.105. The summed E-state index contributed by atoms with van der Waals surface area (Å²) in [6, 6.07) is 4.71. The van der Waals surface area contributed by atoms with Crippen LogP contribution in [0.5, 0.6) is 0 Å². The zero-order valence-corrected chi connectivity index (χ0v) is 12.5. The van der Waals surface area contributed by atoms with Crippen LogP contribution in [0.3, 0.4) is 0 Å². The summed E-state index contributed by atoms with van der Waals surface area (Å²) >= 11 is 0. The summed E-state index contributed by atoms with van der Waals surface area (Å²) in [5, 5.41) is 5.92. The van der Waals surface area contributed by atoms with E-state index in [0.717, 1.165) is 32.0 Å². The van der Waals surface area contributed by atoms with Gasteiger partial charge in [0.15, 0.2) is 0 Å². The smallest absolute Gasteiger partial charge is 0.350 e. The number of hydrogen-bond acceptors (Lipinski definition) is 2. The Balaban J connectivity index is 1.99. The van der Waals surface area contributed by atoms with Gasteiger partial charge >= 0.3 is 6.18 Å². The zero-order valence-electron chi connectivity index (χ0n) is 12.5. The number of nitrogens with one attached hydrogen (secondary N) is 2. The Kier molecular flexibility index (Phi) is 5.45. The second-order valence-electron chi connectivity index (χ2n) is 5.77. The van der Waals surface area contributed by atoms with E-state index in [4.69, 9.17) is 0 Å². The van der Waals surface area contributed by atoms with Crippen LogP contribution in [-0.4, -0.2) is 19.0 Å². The fraction of sp³-hybridized carbons (Fsp3) is 0.562.